The van der Waals surface area contributed by atoms with Gasteiger partial charge >= 0.3 is 0 Å². The molecule has 4 aromatic rings. The molecule has 0 bridgehead atoms. The number of anilines is 1. The lowest BCUT2D eigenvalue weighted by atomic mass is 9.99. The fourth-order valence-corrected chi connectivity index (χ4v) is 3.66. The number of nitrogens with one attached hydrogen (secondary N) is 2. The first-order valence-corrected chi connectivity index (χ1v) is 10.7. The van der Waals surface area contributed by atoms with Crippen LogP contribution in [0.15, 0.2) is 97.5 Å². The maximum absolute atomic E-state index is 13.2. The number of hydrogen-bond acceptors (Lipinski definition) is 6. The first-order chi connectivity index (χ1) is 16.5. The largest absolute Gasteiger partial charge is 0.371 e. The van der Waals surface area contributed by atoms with Crippen LogP contribution in [-0.2, 0) is 0 Å². The third-order valence-electron chi connectivity index (χ3n) is 5.41. The van der Waals surface area contributed by atoms with Crippen molar-refractivity contribution < 1.29 is 9.72 Å². The predicted molar refractivity (Wildman–Crippen MR) is 129 cm³/mol. The molecule has 0 fully saturated rings. The average molecular weight is 454 g/mol. The Hall–Kier alpha value is -4.59. The molecule has 8 heteroatoms. The number of carbonyl (C=O) groups excluding carboxylic acids is 1. The zero-order valence-corrected chi connectivity index (χ0v) is 18.5. The summed E-state index contributed by atoms with van der Waals surface area (Å²) in [4.78, 5) is 32.8. The normalized spacial score (nSPS) is 12.4. The summed E-state index contributed by atoms with van der Waals surface area (Å²) in [5, 5.41) is 17.9. The van der Waals surface area contributed by atoms with Gasteiger partial charge in [-0.15, -0.1) is 0 Å². The van der Waals surface area contributed by atoms with Crippen LogP contribution in [0.5, 0.6) is 0 Å². The number of nitro groups is 1. The van der Waals surface area contributed by atoms with Gasteiger partial charge in [0.25, 0.3) is 11.6 Å². The number of aromatic nitrogens is 2. The third-order valence-corrected chi connectivity index (χ3v) is 5.41. The molecule has 0 aliphatic heterocycles. The van der Waals surface area contributed by atoms with Gasteiger partial charge < -0.3 is 10.6 Å². The van der Waals surface area contributed by atoms with Crippen molar-refractivity contribution in [1.29, 1.82) is 0 Å². The Kier molecular flexibility index (Phi) is 6.88. The molecule has 1 amide bonds. The SMILES string of the molecule is CC(Nc1ccc(C(=O)NC(c2ccccc2)c2ccncc2)cc1[N+](=O)[O-])c1ccccn1. The molecule has 170 valence electrons. The summed E-state index contributed by atoms with van der Waals surface area (Å²) in [6.45, 7) is 1.87. The Morgan fingerprint density at radius 3 is 2.29 bits per heavy atom. The van der Waals surface area contributed by atoms with Crippen molar-refractivity contribution in [3.8, 4) is 0 Å². The number of carbonyl (C=O) groups is 1. The molecule has 2 atom stereocenters. The molecule has 0 aliphatic rings. The molecule has 0 radical (unpaired) electrons. The molecular weight excluding hydrogens is 430 g/mol. The summed E-state index contributed by atoms with van der Waals surface area (Å²) in [6.07, 6.45) is 4.98. The highest BCUT2D eigenvalue weighted by Gasteiger charge is 2.22. The van der Waals surface area contributed by atoms with Crippen LogP contribution in [0.2, 0.25) is 0 Å². The maximum Gasteiger partial charge on any atom is 0.293 e. The Morgan fingerprint density at radius 1 is 0.912 bits per heavy atom. The second-order valence-corrected chi connectivity index (χ2v) is 7.71. The second kappa shape index (κ2) is 10.4. The summed E-state index contributed by atoms with van der Waals surface area (Å²) in [7, 11) is 0. The van der Waals surface area contributed by atoms with E-state index in [9.17, 15) is 14.9 Å². The van der Waals surface area contributed by atoms with Gasteiger partial charge in [0.05, 0.1) is 22.7 Å². The zero-order valence-electron chi connectivity index (χ0n) is 18.5. The van der Waals surface area contributed by atoms with Gasteiger partial charge in [-0.05, 0) is 54.4 Å². The van der Waals surface area contributed by atoms with Gasteiger partial charge in [0, 0.05) is 30.2 Å². The van der Waals surface area contributed by atoms with Gasteiger partial charge in [0.2, 0.25) is 0 Å². The zero-order chi connectivity index (χ0) is 23.9. The van der Waals surface area contributed by atoms with Gasteiger partial charge in [0.15, 0.2) is 0 Å². The molecule has 2 unspecified atom stereocenters. The van der Waals surface area contributed by atoms with Crippen LogP contribution in [-0.4, -0.2) is 20.8 Å². The minimum absolute atomic E-state index is 0.185. The highest BCUT2D eigenvalue weighted by Crippen LogP contribution is 2.29. The van der Waals surface area contributed by atoms with Crippen LogP contribution in [0.25, 0.3) is 0 Å². The lowest BCUT2D eigenvalue weighted by Crippen LogP contribution is -2.29. The Labute approximate surface area is 196 Å². The number of pyridine rings is 2. The molecule has 2 aromatic heterocycles. The van der Waals surface area contributed by atoms with Crippen molar-refractivity contribution in [3.05, 3.63) is 130 Å². The van der Waals surface area contributed by atoms with E-state index in [-0.39, 0.29) is 17.3 Å². The standard InChI is InChI=1S/C26H23N5O3/c1-18(22-9-5-6-14-28-22)29-23-11-10-21(17-24(23)31(33)34)26(32)30-25(19-7-3-2-4-8-19)20-12-15-27-16-13-20/h2-18,25,29H,1H3,(H,30,32). The van der Waals surface area contributed by atoms with E-state index in [1.54, 1.807) is 36.8 Å². The Bertz CT molecular complexity index is 1230. The molecule has 4 rings (SSSR count). The summed E-state index contributed by atoms with van der Waals surface area (Å²) < 4.78 is 0. The average Bonchev–Trinajstić information content (AvgIpc) is 2.88. The van der Waals surface area contributed by atoms with Crippen molar-refractivity contribution in [1.82, 2.24) is 15.3 Å². The van der Waals surface area contributed by atoms with Gasteiger partial charge in [-0.25, -0.2) is 0 Å². The van der Waals surface area contributed by atoms with Crippen LogP contribution in [0.3, 0.4) is 0 Å². The number of amides is 1. The summed E-state index contributed by atoms with van der Waals surface area (Å²) in [5.41, 5.74) is 2.81. The predicted octanol–water partition coefficient (Wildman–Crippen LogP) is 5.08. The molecule has 0 saturated heterocycles. The molecule has 2 heterocycles. The Morgan fingerprint density at radius 2 is 1.62 bits per heavy atom. The van der Waals surface area contributed by atoms with E-state index in [0.29, 0.717) is 5.69 Å². The minimum atomic E-state index is -0.498. The van der Waals surface area contributed by atoms with Gasteiger partial charge in [0.1, 0.15) is 5.69 Å². The number of rotatable bonds is 8. The van der Waals surface area contributed by atoms with Crippen LogP contribution in [0.4, 0.5) is 11.4 Å². The summed E-state index contributed by atoms with van der Waals surface area (Å²) in [5.74, 6) is -0.418. The number of nitro benzene ring substituents is 1. The van der Waals surface area contributed by atoms with Crippen molar-refractivity contribution in [3.63, 3.8) is 0 Å². The van der Waals surface area contributed by atoms with Crippen molar-refractivity contribution in [2.45, 2.75) is 19.0 Å². The molecular formula is C26H23N5O3. The quantitative estimate of drug-likeness (QED) is 0.284. The number of nitrogens with zero attached hydrogens (tertiary/aromatic N) is 3. The summed E-state index contributed by atoms with van der Waals surface area (Å²) in [6, 6.07) is 22.4. The summed E-state index contributed by atoms with van der Waals surface area (Å²) >= 11 is 0. The molecule has 0 saturated carbocycles. The van der Waals surface area contributed by atoms with Crippen LogP contribution < -0.4 is 10.6 Å². The van der Waals surface area contributed by atoms with E-state index < -0.39 is 16.9 Å². The van der Waals surface area contributed by atoms with Gasteiger partial charge in [-0.2, -0.15) is 0 Å². The van der Waals surface area contributed by atoms with Crippen LogP contribution in [0.1, 0.15) is 46.2 Å². The van der Waals surface area contributed by atoms with E-state index in [1.807, 2.05) is 61.5 Å². The highest BCUT2D eigenvalue weighted by molar-refractivity contribution is 5.96. The van der Waals surface area contributed by atoms with Gasteiger partial charge in [-0.1, -0.05) is 36.4 Å². The monoisotopic (exact) mass is 453 g/mol. The van der Waals surface area contributed by atoms with Crippen molar-refractivity contribution in [2.24, 2.45) is 0 Å². The van der Waals surface area contributed by atoms with Crippen molar-refractivity contribution >= 4 is 17.3 Å². The molecule has 8 nitrogen and oxygen atoms in total. The molecule has 0 aliphatic carbocycles. The molecule has 2 N–H and O–H groups in total. The van der Waals surface area contributed by atoms with E-state index in [1.165, 1.54) is 6.07 Å². The van der Waals surface area contributed by atoms with E-state index >= 15 is 0 Å². The highest BCUT2D eigenvalue weighted by atomic mass is 16.6. The fraction of sp³-hybridized carbons (Fsp3) is 0.115. The molecule has 34 heavy (non-hydrogen) atoms. The van der Waals surface area contributed by atoms with Crippen LogP contribution >= 0.6 is 0 Å². The fourth-order valence-electron chi connectivity index (χ4n) is 3.66. The Balaban J connectivity index is 1.60. The molecule has 2 aromatic carbocycles. The van der Waals surface area contributed by atoms with Crippen molar-refractivity contribution in [2.75, 3.05) is 5.32 Å². The van der Waals surface area contributed by atoms with Crippen LogP contribution in [0, 0.1) is 10.1 Å². The first kappa shape index (κ1) is 22.6. The topological polar surface area (TPSA) is 110 Å². The maximum atomic E-state index is 13.2. The number of benzene rings is 2. The first-order valence-electron chi connectivity index (χ1n) is 10.7. The smallest absolute Gasteiger partial charge is 0.293 e. The third kappa shape index (κ3) is 5.24. The lowest BCUT2D eigenvalue weighted by Gasteiger charge is -2.20. The van der Waals surface area contributed by atoms with E-state index in [4.69, 9.17) is 0 Å². The second-order valence-electron chi connectivity index (χ2n) is 7.71. The lowest BCUT2D eigenvalue weighted by molar-refractivity contribution is -0.384. The van der Waals surface area contributed by atoms with E-state index in [0.717, 1.165) is 16.8 Å². The van der Waals surface area contributed by atoms with Gasteiger partial charge in [-0.3, -0.25) is 24.9 Å². The van der Waals surface area contributed by atoms with E-state index in [2.05, 4.69) is 20.6 Å². The number of hydrogen-bond donors (Lipinski definition) is 2. The molecule has 0 spiro atoms. The minimum Gasteiger partial charge on any atom is -0.371 e.